The Bertz CT molecular complexity index is 493. The lowest BCUT2D eigenvalue weighted by molar-refractivity contribution is 0.178. The van der Waals surface area contributed by atoms with Gasteiger partial charge in [-0.25, -0.2) is 0 Å². The third kappa shape index (κ3) is 3.56. The Kier molecular flexibility index (Phi) is 4.78. The number of rotatable bonds is 5. The van der Waals surface area contributed by atoms with Crippen molar-refractivity contribution in [3.8, 4) is 0 Å². The number of ether oxygens (including phenoxy) is 1. The van der Waals surface area contributed by atoms with Crippen LogP contribution >= 0.6 is 22.9 Å². The van der Waals surface area contributed by atoms with Crippen LogP contribution in [0, 0.1) is 0 Å². The van der Waals surface area contributed by atoms with Crippen LogP contribution in [0.2, 0.25) is 4.34 Å². The second-order valence-electron chi connectivity index (χ2n) is 4.10. The maximum atomic E-state index is 10.1. The van der Waals surface area contributed by atoms with E-state index in [2.05, 4.69) is 0 Å². The molecular formula is C14H15ClO2S. The minimum atomic E-state index is -0.490. The van der Waals surface area contributed by atoms with Gasteiger partial charge in [0.05, 0.1) is 17.0 Å². The van der Waals surface area contributed by atoms with E-state index in [1.165, 1.54) is 11.3 Å². The molecule has 2 rings (SSSR count). The van der Waals surface area contributed by atoms with Gasteiger partial charge in [-0.2, -0.15) is 0 Å². The summed E-state index contributed by atoms with van der Waals surface area (Å²) in [6.45, 7) is 0.594. The van der Waals surface area contributed by atoms with Gasteiger partial charge in [0, 0.05) is 18.4 Å². The van der Waals surface area contributed by atoms with Crippen LogP contribution in [0.3, 0.4) is 0 Å². The van der Waals surface area contributed by atoms with Crippen LogP contribution < -0.4 is 0 Å². The van der Waals surface area contributed by atoms with E-state index >= 15 is 0 Å². The van der Waals surface area contributed by atoms with Crippen LogP contribution in [0.5, 0.6) is 0 Å². The highest BCUT2D eigenvalue weighted by Crippen LogP contribution is 2.26. The number of hydrogen-bond donors (Lipinski definition) is 1. The molecular weight excluding hydrogens is 268 g/mol. The van der Waals surface area contributed by atoms with Gasteiger partial charge in [-0.15, -0.1) is 11.3 Å². The Balaban J connectivity index is 2.02. The Hall–Kier alpha value is -0.870. The van der Waals surface area contributed by atoms with E-state index in [0.29, 0.717) is 13.0 Å². The largest absolute Gasteiger partial charge is 0.388 e. The molecule has 0 radical (unpaired) electrons. The van der Waals surface area contributed by atoms with Gasteiger partial charge >= 0.3 is 0 Å². The molecule has 0 aliphatic rings. The van der Waals surface area contributed by atoms with Crippen molar-refractivity contribution in [2.45, 2.75) is 19.1 Å². The molecule has 4 heteroatoms. The summed E-state index contributed by atoms with van der Waals surface area (Å²) in [6, 6.07) is 11.6. The predicted molar refractivity (Wildman–Crippen MR) is 75.1 cm³/mol. The second-order valence-corrected chi connectivity index (χ2v) is 5.90. The molecule has 2 nitrogen and oxygen atoms in total. The lowest BCUT2D eigenvalue weighted by atomic mass is 10.0. The zero-order valence-corrected chi connectivity index (χ0v) is 11.7. The number of aliphatic hydroxyl groups excluding tert-OH is 1. The van der Waals surface area contributed by atoms with E-state index < -0.39 is 6.10 Å². The minimum Gasteiger partial charge on any atom is -0.388 e. The third-order valence-corrected chi connectivity index (χ3v) is 3.95. The summed E-state index contributed by atoms with van der Waals surface area (Å²) >= 11 is 7.38. The van der Waals surface area contributed by atoms with E-state index in [1.807, 2.05) is 36.4 Å². The first-order valence-electron chi connectivity index (χ1n) is 5.69. The summed E-state index contributed by atoms with van der Waals surface area (Å²) in [7, 11) is 1.67. The molecule has 1 unspecified atom stereocenters. The normalized spacial score (nSPS) is 12.6. The highest BCUT2D eigenvalue weighted by molar-refractivity contribution is 7.16. The van der Waals surface area contributed by atoms with E-state index in [4.69, 9.17) is 16.3 Å². The molecule has 0 bridgehead atoms. The number of halogens is 1. The molecule has 1 N–H and O–H groups in total. The lowest BCUT2D eigenvalue weighted by Crippen LogP contribution is -2.00. The van der Waals surface area contributed by atoms with Crippen molar-refractivity contribution in [2.75, 3.05) is 7.11 Å². The zero-order valence-electron chi connectivity index (χ0n) is 10.1. The first kappa shape index (κ1) is 13.6. The Labute approximate surface area is 116 Å². The average molecular weight is 283 g/mol. The number of aliphatic hydroxyl groups is 1. The van der Waals surface area contributed by atoms with Crippen LogP contribution in [0.1, 0.15) is 22.1 Å². The standard InChI is InChI=1S/C14H15ClO2S/c1-17-9-10-2-4-11(5-3-10)13(16)8-12-6-7-14(15)18-12/h2-7,13,16H,8-9H2,1H3. The number of benzene rings is 1. The van der Waals surface area contributed by atoms with Crippen LogP contribution in [0.15, 0.2) is 36.4 Å². The molecule has 18 heavy (non-hydrogen) atoms. The van der Waals surface area contributed by atoms with Crippen molar-refractivity contribution in [1.29, 1.82) is 0 Å². The average Bonchev–Trinajstić information content (AvgIpc) is 2.76. The third-order valence-electron chi connectivity index (χ3n) is 2.70. The van der Waals surface area contributed by atoms with Crippen LogP contribution in [0.25, 0.3) is 0 Å². The molecule has 2 aromatic rings. The molecule has 0 aliphatic carbocycles. The molecule has 1 heterocycles. The molecule has 1 atom stereocenters. The molecule has 1 aromatic heterocycles. The minimum absolute atomic E-state index is 0.490. The fourth-order valence-electron chi connectivity index (χ4n) is 1.77. The van der Waals surface area contributed by atoms with Crippen LogP contribution in [0.4, 0.5) is 0 Å². The van der Waals surface area contributed by atoms with E-state index in [-0.39, 0.29) is 0 Å². The monoisotopic (exact) mass is 282 g/mol. The second kappa shape index (κ2) is 6.34. The summed E-state index contributed by atoms with van der Waals surface area (Å²) in [6.07, 6.45) is 0.109. The molecule has 1 aromatic carbocycles. The van der Waals surface area contributed by atoms with Gasteiger partial charge in [0.25, 0.3) is 0 Å². The summed E-state index contributed by atoms with van der Waals surface area (Å²) in [5, 5.41) is 10.1. The van der Waals surface area contributed by atoms with Gasteiger partial charge in [-0.3, -0.25) is 0 Å². The SMILES string of the molecule is COCc1ccc(C(O)Cc2ccc(Cl)s2)cc1. The van der Waals surface area contributed by atoms with Gasteiger partial charge in [0.2, 0.25) is 0 Å². The molecule has 0 saturated heterocycles. The molecule has 0 fully saturated rings. The van der Waals surface area contributed by atoms with Crippen molar-refractivity contribution in [3.63, 3.8) is 0 Å². The van der Waals surface area contributed by atoms with E-state index in [1.54, 1.807) is 7.11 Å². The highest BCUT2D eigenvalue weighted by atomic mass is 35.5. The van der Waals surface area contributed by atoms with Crippen LogP contribution in [-0.2, 0) is 17.8 Å². The van der Waals surface area contributed by atoms with E-state index in [0.717, 1.165) is 20.3 Å². The van der Waals surface area contributed by atoms with Gasteiger partial charge in [0.1, 0.15) is 0 Å². The summed E-state index contributed by atoms with van der Waals surface area (Å²) < 4.78 is 5.81. The van der Waals surface area contributed by atoms with E-state index in [9.17, 15) is 5.11 Å². The van der Waals surface area contributed by atoms with Crippen molar-refractivity contribution in [3.05, 3.63) is 56.7 Å². The maximum Gasteiger partial charge on any atom is 0.0931 e. The first-order chi connectivity index (χ1) is 8.69. The quantitative estimate of drug-likeness (QED) is 0.903. The maximum absolute atomic E-state index is 10.1. The number of hydrogen-bond acceptors (Lipinski definition) is 3. The fourth-order valence-corrected chi connectivity index (χ4v) is 2.90. The van der Waals surface area contributed by atoms with Crippen molar-refractivity contribution < 1.29 is 9.84 Å². The smallest absolute Gasteiger partial charge is 0.0931 e. The lowest BCUT2D eigenvalue weighted by Gasteiger charge is -2.10. The van der Waals surface area contributed by atoms with Crippen LogP contribution in [-0.4, -0.2) is 12.2 Å². The highest BCUT2D eigenvalue weighted by Gasteiger charge is 2.10. The molecule has 0 aliphatic heterocycles. The van der Waals surface area contributed by atoms with Gasteiger partial charge < -0.3 is 9.84 Å². The van der Waals surface area contributed by atoms with Crippen molar-refractivity contribution in [1.82, 2.24) is 0 Å². The topological polar surface area (TPSA) is 29.5 Å². The van der Waals surface area contributed by atoms with Gasteiger partial charge in [0.15, 0.2) is 0 Å². The predicted octanol–water partition coefficient (Wildman–Crippen LogP) is 3.82. The molecule has 0 amide bonds. The Morgan fingerprint density at radius 2 is 1.94 bits per heavy atom. The Morgan fingerprint density at radius 3 is 2.50 bits per heavy atom. The van der Waals surface area contributed by atoms with Crippen molar-refractivity contribution >= 4 is 22.9 Å². The summed E-state index contributed by atoms with van der Waals surface area (Å²) in [5.74, 6) is 0. The summed E-state index contributed by atoms with van der Waals surface area (Å²) in [5.41, 5.74) is 2.02. The Morgan fingerprint density at radius 1 is 1.22 bits per heavy atom. The number of thiophene rings is 1. The fraction of sp³-hybridized carbons (Fsp3) is 0.286. The van der Waals surface area contributed by atoms with Crippen molar-refractivity contribution in [2.24, 2.45) is 0 Å². The number of methoxy groups -OCH3 is 1. The summed E-state index contributed by atoms with van der Waals surface area (Å²) in [4.78, 5) is 1.09. The van der Waals surface area contributed by atoms with Gasteiger partial charge in [-0.05, 0) is 23.3 Å². The first-order valence-corrected chi connectivity index (χ1v) is 6.88. The zero-order chi connectivity index (χ0) is 13.0. The molecule has 0 saturated carbocycles. The molecule has 0 spiro atoms. The molecule has 96 valence electrons. The van der Waals surface area contributed by atoms with Gasteiger partial charge in [-0.1, -0.05) is 35.9 Å².